The van der Waals surface area contributed by atoms with E-state index in [1.54, 1.807) is 19.9 Å². The molecule has 0 fully saturated rings. The Kier molecular flexibility index (Phi) is 42.9. The molecule has 0 aromatic heterocycles. The van der Waals surface area contributed by atoms with Crippen molar-refractivity contribution in [2.24, 2.45) is 5.73 Å². The van der Waals surface area contributed by atoms with Crippen molar-refractivity contribution in [1.82, 2.24) is 16.0 Å². The number of amides is 3. The summed E-state index contributed by atoms with van der Waals surface area (Å²) in [7, 11) is 2.88. The van der Waals surface area contributed by atoms with Gasteiger partial charge in [-0.25, -0.2) is 0 Å². The predicted molar refractivity (Wildman–Crippen MR) is 321 cm³/mol. The lowest BCUT2D eigenvalue weighted by Gasteiger charge is -2.18. The highest BCUT2D eigenvalue weighted by Gasteiger charge is 2.26. The fraction of sp³-hybridized carbons (Fsp3) is 0.632. The molecular formula is C57H84N6O21S2. The van der Waals surface area contributed by atoms with E-state index < -0.39 is 27.8 Å². The van der Waals surface area contributed by atoms with Crippen LogP contribution in [-0.4, -0.2) is 209 Å². The summed E-state index contributed by atoms with van der Waals surface area (Å²) < 4.78 is 65.8. The number of fused-ring (bicyclic) bond motifs is 44. The van der Waals surface area contributed by atoms with Gasteiger partial charge in [0.2, 0.25) is 11.8 Å². The number of methoxy groups -OCH3 is 2. The number of hydrogen-bond donors (Lipinski definition) is 4. The van der Waals surface area contributed by atoms with E-state index in [-0.39, 0.29) is 141 Å². The van der Waals surface area contributed by atoms with Crippen LogP contribution < -0.4 is 40.6 Å². The monoisotopic (exact) mass is 1250 g/mol. The Morgan fingerprint density at radius 3 is 1.30 bits per heavy atom. The number of nitro groups is 2. The number of Topliss-reactive ketones (excluding diaryl/α,β-unsaturated/α-hetero) is 2. The fourth-order valence-electron chi connectivity index (χ4n) is 7.36. The summed E-state index contributed by atoms with van der Waals surface area (Å²) in [4.78, 5) is 85.1. The molecule has 0 aliphatic carbocycles. The number of benzene rings is 2. The molecule has 0 radical (unpaired) electrons. The van der Waals surface area contributed by atoms with Crippen LogP contribution in [0.25, 0.3) is 0 Å². The van der Waals surface area contributed by atoms with Gasteiger partial charge in [-0.15, -0.1) is 12.3 Å². The van der Waals surface area contributed by atoms with E-state index in [9.17, 15) is 44.2 Å². The number of ether oxygens (including phenoxy) is 12. The van der Waals surface area contributed by atoms with Crippen LogP contribution in [0, 0.1) is 44.4 Å². The van der Waals surface area contributed by atoms with Crippen molar-refractivity contribution >= 4 is 64.2 Å². The first kappa shape index (κ1) is 75.7. The van der Waals surface area contributed by atoms with Crippen molar-refractivity contribution < 1.29 is 90.7 Å². The SMILES string of the molecule is C#CC.CC#CC(=O)NCCCC(=O)C1CSCc2cc(OC)c(cc2[N+](=O)[O-])OCCOCCOCCOCCOCCC(=O)N1.COc1cc2c([N+](=O)[O-])cc1OCCOCCOCCOCCOCCC(=O)NC(C(=O)CCCN)CSC2. The Bertz CT molecular complexity index is 2460. The average Bonchev–Trinajstić information content (AvgIpc) is 2.16. The molecule has 2 aromatic carbocycles. The minimum Gasteiger partial charge on any atom is -0.493 e. The van der Waals surface area contributed by atoms with Gasteiger partial charge in [0.05, 0.1) is 154 Å². The second-order valence-corrected chi connectivity index (χ2v) is 20.1. The zero-order valence-corrected chi connectivity index (χ0v) is 51.2. The second-order valence-electron chi connectivity index (χ2n) is 18.0. The number of rotatable bonds is 13. The predicted octanol–water partition coefficient (Wildman–Crippen LogP) is 3.78. The minimum absolute atomic E-state index is 0.0352. The summed E-state index contributed by atoms with van der Waals surface area (Å²) >= 11 is 2.56. The maximum atomic E-state index is 13.1. The van der Waals surface area contributed by atoms with Gasteiger partial charge in [0.1, 0.15) is 13.2 Å². The van der Waals surface area contributed by atoms with Crippen molar-refractivity contribution in [1.29, 1.82) is 0 Å². The van der Waals surface area contributed by atoms with Gasteiger partial charge in [0, 0.05) is 66.4 Å². The van der Waals surface area contributed by atoms with E-state index in [0.29, 0.717) is 121 Å². The Hall–Kier alpha value is -6.35. The first-order valence-electron chi connectivity index (χ1n) is 27.9. The van der Waals surface area contributed by atoms with Crippen LogP contribution >= 0.6 is 23.5 Å². The van der Waals surface area contributed by atoms with Gasteiger partial charge in [-0.3, -0.25) is 44.2 Å². The zero-order valence-electron chi connectivity index (χ0n) is 49.6. The van der Waals surface area contributed by atoms with Gasteiger partial charge in [0.15, 0.2) is 34.6 Å². The van der Waals surface area contributed by atoms with Gasteiger partial charge in [-0.05, 0) is 51.3 Å². The third kappa shape index (κ3) is 34.1. The number of nitrogens with zero attached hydrogens (tertiary/aromatic N) is 2. The molecule has 6 rings (SSSR count). The Morgan fingerprint density at radius 2 is 0.965 bits per heavy atom. The molecule has 27 nitrogen and oxygen atoms in total. The van der Waals surface area contributed by atoms with Crippen LogP contribution in [0.3, 0.4) is 0 Å². The molecule has 5 N–H and O–H groups in total. The summed E-state index contributed by atoms with van der Waals surface area (Å²) in [5.41, 5.74) is 6.02. The topological polar surface area (TPSA) is 344 Å². The normalized spacial score (nSPS) is 18.3. The number of nitro benzene ring substituents is 2. The van der Waals surface area contributed by atoms with Crippen molar-refractivity contribution in [2.45, 2.75) is 76.0 Å². The molecule has 2 atom stereocenters. The first-order valence-corrected chi connectivity index (χ1v) is 30.2. The summed E-state index contributed by atoms with van der Waals surface area (Å²) in [5, 5.41) is 31.8. The molecule has 2 unspecified atom stereocenters. The fourth-order valence-corrected chi connectivity index (χ4v) is 9.50. The van der Waals surface area contributed by atoms with E-state index in [1.807, 2.05) is 0 Å². The molecule has 29 heteroatoms. The lowest BCUT2D eigenvalue weighted by atomic mass is 10.1. The largest absolute Gasteiger partial charge is 0.493 e. The third-order valence-electron chi connectivity index (χ3n) is 11.6. The number of terminal acetylenes is 1. The van der Waals surface area contributed by atoms with Gasteiger partial charge >= 0.3 is 0 Å². The van der Waals surface area contributed by atoms with Gasteiger partial charge in [-0.1, -0.05) is 5.92 Å². The first-order chi connectivity index (χ1) is 41.7. The lowest BCUT2D eigenvalue weighted by molar-refractivity contribution is -0.385. The molecule has 86 heavy (non-hydrogen) atoms. The molecule has 3 amide bonds. The van der Waals surface area contributed by atoms with E-state index in [2.05, 4.69) is 40.1 Å². The van der Waals surface area contributed by atoms with Crippen molar-refractivity contribution in [3.05, 3.63) is 55.6 Å². The van der Waals surface area contributed by atoms with E-state index >= 15 is 0 Å². The second kappa shape index (κ2) is 48.7. The molecule has 4 aliphatic rings. The lowest BCUT2D eigenvalue weighted by Crippen LogP contribution is -2.43. The summed E-state index contributed by atoms with van der Waals surface area (Å²) in [6.45, 7) is 9.26. The number of hydrogen-bond acceptors (Lipinski definition) is 24. The maximum Gasteiger partial charge on any atom is 0.295 e. The maximum absolute atomic E-state index is 13.1. The Morgan fingerprint density at radius 1 is 0.616 bits per heavy atom. The van der Waals surface area contributed by atoms with Crippen LogP contribution in [-0.2, 0) is 73.4 Å². The third-order valence-corrected chi connectivity index (χ3v) is 13.7. The molecule has 0 saturated carbocycles. The molecule has 480 valence electrons. The van der Waals surface area contributed by atoms with Crippen LogP contribution in [0.2, 0.25) is 0 Å². The van der Waals surface area contributed by atoms with E-state index in [4.69, 9.17) is 62.6 Å². The van der Waals surface area contributed by atoms with Gasteiger partial charge < -0.3 is 78.5 Å². The number of carbonyl (C=O) groups excluding carboxylic acids is 5. The van der Waals surface area contributed by atoms with Crippen LogP contribution in [0.5, 0.6) is 23.0 Å². The van der Waals surface area contributed by atoms with Crippen molar-refractivity contribution in [3.63, 3.8) is 0 Å². The number of ketones is 2. The molecular weight excluding hydrogens is 1170 g/mol. The molecule has 0 saturated heterocycles. The van der Waals surface area contributed by atoms with Crippen LogP contribution in [0.4, 0.5) is 11.4 Å². The minimum atomic E-state index is -0.847. The highest BCUT2D eigenvalue weighted by atomic mass is 32.2. The molecule has 4 heterocycles. The van der Waals surface area contributed by atoms with Gasteiger partial charge in [0.25, 0.3) is 17.3 Å². The van der Waals surface area contributed by atoms with Crippen LogP contribution in [0.15, 0.2) is 24.3 Å². The number of nitrogens with one attached hydrogen (secondary N) is 3. The van der Waals surface area contributed by atoms with E-state index in [1.165, 1.54) is 55.9 Å². The van der Waals surface area contributed by atoms with Crippen LogP contribution in [0.1, 0.15) is 63.5 Å². The van der Waals surface area contributed by atoms with Crippen molar-refractivity contribution in [2.75, 3.05) is 158 Å². The Labute approximate surface area is 511 Å². The average molecular weight is 1250 g/mol. The molecule has 2 aromatic rings. The number of thioether (sulfide) groups is 2. The zero-order chi connectivity index (χ0) is 63.0. The molecule has 4 aliphatic heterocycles. The summed E-state index contributed by atoms with van der Waals surface area (Å²) in [6, 6.07) is 4.12. The smallest absolute Gasteiger partial charge is 0.295 e. The highest BCUT2D eigenvalue weighted by Crippen LogP contribution is 2.38. The summed E-state index contributed by atoms with van der Waals surface area (Å²) in [6.07, 6.45) is 5.90. The number of nitrogens with two attached hydrogens (primary N) is 1. The Balaban J connectivity index is 0.000000565. The summed E-state index contributed by atoms with van der Waals surface area (Å²) in [5.74, 6) is 7.51. The standard InChI is InChI=1S/C29H41N3O11S.C25H39N3O10S.C3H4/c1-3-5-28(34)30-8-4-6-25(33)23-21-44-20-22-18-26(38-2)27(19-24(22)32(36)37)43-17-16-42-15-14-41-13-12-40-11-10-39-9-7-29(35)31-23;1-33-23-15-19-17-39-18-20(22(29)3-2-5-26)27-25(30)4-6-34-7-8-35-9-10-36-11-12-37-13-14-38-24(23)16-21(19)28(31)32;1-3-2/h18-19,23H,4,6-17,20-21H2,1-2H3,(H,30,34)(H,31,35);15-16,20H,2-14,17-18,26H2,1H3,(H,27,30);1H,2H3. The molecule has 0 spiro atoms. The van der Waals surface area contributed by atoms with Gasteiger partial charge in [-0.2, -0.15) is 23.5 Å². The molecule has 4 bridgehead atoms. The number of carbonyl (C=O) groups is 5. The van der Waals surface area contributed by atoms with Crippen molar-refractivity contribution in [3.8, 4) is 47.2 Å². The highest BCUT2D eigenvalue weighted by molar-refractivity contribution is 7.98. The quantitative estimate of drug-likeness (QED) is 0.0729. The van der Waals surface area contributed by atoms with E-state index in [0.717, 1.165) is 0 Å².